The van der Waals surface area contributed by atoms with Gasteiger partial charge in [0.05, 0.1) is 16.6 Å². The number of nitrogens with zero attached hydrogens (tertiary/aromatic N) is 4. The summed E-state index contributed by atoms with van der Waals surface area (Å²) >= 11 is 1.49. The molecule has 33 heavy (non-hydrogen) atoms. The van der Waals surface area contributed by atoms with Gasteiger partial charge in [0.2, 0.25) is 0 Å². The Kier molecular flexibility index (Phi) is 6.65. The van der Waals surface area contributed by atoms with E-state index in [-0.39, 0.29) is 17.6 Å². The van der Waals surface area contributed by atoms with Crippen LogP contribution in [0.2, 0.25) is 0 Å². The number of aryl methyl sites for hydroxylation is 1. The second-order valence-corrected chi connectivity index (χ2v) is 8.88. The lowest BCUT2D eigenvalue weighted by atomic mass is 10.0. The van der Waals surface area contributed by atoms with Crippen LogP contribution in [0.5, 0.6) is 5.75 Å². The number of nitrogens with one attached hydrogen (secondary N) is 1. The summed E-state index contributed by atoms with van der Waals surface area (Å²) < 4.78 is 0. The molecule has 1 atom stereocenters. The maximum Gasteiger partial charge on any atom is 0.186 e. The molecule has 0 radical (unpaired) electrons. The summed E-state index contributed by atoms with van der Waals surface area (Å²) in [5.41, 5.74) is 2.88. The molecule has 0 saturated carbocycles. The number of aromatic hydroxyl groups is 1. The number of likely N-dealkylation sites (N-methyl/N-ethyl adjacent to an activating group) is 1. The summed E-state index contributed by atoms with van der Waals surface area (Å²) in [6, 6.07) is 16.2. The molecule has 4 aromatic rings. The predicted octanol–water partition coefficient (Wildman–Crippen LogP) is 4.99. The highest BCUT2D eigenvalue weighted by Gasteiger charge is 2.23. The highest BCUT2D eigenvalue weighted by molar-refractivity contribution is 7.18. The maximum atomic E-state index is 12.4. The van der Waals surface area contributed by atoms with E-state index in [9.17, 15) is 9.90 Å². The first kappa shape index (κ1) is 22.4. The molecule has 1 aromatic carbocycles. The average molecular weight is 460 g/mol. The molecule has 8 heteroatoms. The number of aromatic nitrogens is 3. The van der Waals surface area contributed by atoms with Crippen LogP contribution in [0.15, 0.2) is 67.0 Å². The number of hydrogen-bond acceptors (Lipinski definition) is 8. The van der Waals surface area contributed by atoms with Crippen molar-refractivity contribution in [3.63, 3.8) is 0 Å². The third-order valence-electron chi connectivity index (χ3n) is 5.27. The van der Waals surface area contributed by atoms with E-state index in [4.69, 9.17) is 4.98 Å². The van der Waals surface area contributed by atoms with Gasteiger partial charge in [-0.25, -0.2) is 15.0 Å². The summed E-state index contributed by atoms with van der Waals surface area (Å²) in [5, 5.41) is 13.5. The number of benzene rings is 1. The second-order valence-electron chi connectivity index (χ2n) is 7.87. The zero-order valence-corrected chi connectivity index (χ0v) is 19.5. The first-order valence-corrected chi connectivity index (χ1v) is 11.3. The number of hydrogen-bond donors (Lipinski definition) is 2. The van der Waals surface area contributed by atoms with Crippen LogP contribution in [0.25, 0.3) is 10.6 Å². The number of thiazole rings is 1. The fourth-order valence-electron chi connectivity index (χ4n) is 3.47. The average Bonchev–Trinajstić information content (AvgIpc) is 3.29. The number of phenolic OH excluding ortho intramolecular Hbond substituents is 1. The van der Waals surface area contributed by atoms with Gasteiger partial charge >= 0.3 is 0 Å². The van der Waals surface area contributed by atoms with Crippen molar-refractivity contribution >= 4 is 33.9 Å². The third kappa shape index (κ3) is 5.53. The second kappa shape index (κ2) is 9.79. The van der Waals surface area contributed by atoms with Crippen molar-refractivity contribution in [1.29, 1.82) is 0 Å². The van der Waals surface area contributed by atoms with Crippen LogP contribution in [0.3, 0.4) is 0 Å². The Morgan fingerprint density at radius 1 is 1.12 bits per heavy atom. The van der Waals surface area contributed by atoms with Gasteiger partial charge in [-0.2, -0.15) is 0 Å². The van der Waals surface area contributed by atoms with Crippen LogP contribution in [-0.2, 0) is 11.2 Å². The Balaban J connectivity index is 1.52. The normalized spacial score (nSPS) is 11.7. The zero-order valence-electron chi connectivity index (χ0n) is 18.7. The van der Waals surface area contributed by atoms with Crippen LogP contribution in [0.4, 0.5) is 16.8 Å². The number of carbonyl (C=O) groups excluding carboxylic acids is 1. The van der Waals surface area contributed by atoms with Crippen LogP contribution in [0, 0.1) is 6.92 Å². The molecule has 0 amide bonds. The summed E-state index contributed by atoms with van der Waals surface area (Å²) in [7, 11) is 1.88. The minimum Gasteiger partial charge on any atom is -0.508 e. The fraction of sp³-hybridized carbons (Fsp3) is 0.200. The monoisotopic (exact) mass is 459 g/mol. The number of ketones is 1. The number of carbonyl (C=O) groups is 1. The fourth-order valence-corrected chi connectivity index (χ4v) is 4.36. The first-order chi connectivity index (χ1) is 15.9. The molecule has 0 fully saturated rings. The molecule has 168 valence electrons. The summed E-state index contributed by atoms with van der Waals surface area (Å²) in [5.74, 6) is 1.70. The van der Waals surface area contributed by atoms with Crippen LogP contribution in [0.1, 0.15) is 18.1 Å². The van der Waals surface area contributed by atoms with Gasteiger partial charge in [0, 0.05) is 19.4 Å². The van der Waals surface area contributed by atoms with E-state index in [1.807, 2.05) is 61.3 Å². The maximum absolute atomic E-state index is 12.4. The lowest BCUT2D eigenvalue weighted by molar-refractivity contribution is -0.118. The van der Waals surface area contributed by atoms with E-state index >= 15 is 0 Å². The molecule has 1 unspecified atom stereocenters. The van der Waals surface area contributed by atoms with Gasteiger partial charge in [-0.1, -0.05) is 29.5 Å². The van der Waals surface area contributed by atoms with E-state index in [2.05, 4.69) is 15.3 Å². The topological polar surface area (TPSA) is 91.2 Å². The van der Waals surface area contributed by atoms with Gasteiger partial charge in [-0.05, 0) is 67.8 Å². The Labute approximate surface area is 196 Å². The van der Waals surface area contributed by atoms with Crippen molar-refractivity contribution < 1.29 is 9.90 Å². The SMILES string of the molecule is CC(=O)C(Cc1ccc(O)cc1)N(C)c1ncc(-c2cccc(Nc3cc(C)ccn3)n2)s1. The number of Topliss-reactive ketones (excluding diaryl/α,β-unsaturated/α-hetero) is 1. The molecule has 0 spiro atoms. The Hall–Kier alpha value is -3.78. The van der Waals surface area contributed by atoms with Gasteiger partial charge in [-0.15, -0.1) is 0 Å². The first-order valence-electron chi connectivity index (χ1n) is 10.5. The molecule has 0 aliphatic carbocycles. The van der Waals surface area contributed by atoms with Crippen molar-refractivity contribution in [1.82, 2.24) is 15.0 Å². The molecule has 7 nitrogen and oxygen atoms in total. The van der Waals surface area contributed by atoms with Crippen LogP contribution >= 0.6 is 11.3 Å². The summed E-state index contributed by atoms with van der Waals surface area (Å²) in [4.78, 5) is 28.8. The largest absolute Gasteiger partial charge is 0.508 e. The molecule has 0 aliphatic rings. The number of rotatable bonds is 8. The Bertz CT molecular complexity index is 1260. The third-order valence-corrected chi connectivity index (χ3v) is 6.38. The molecule has 2 N–H and O–H groups in total. The van der Waals surface area contributed by atoms with Crippen LogP contribution in [-0.4, -0.2) is 38.9 Å². The Morgan fingerprint density at radius 3 is 2.64 bits per heavy atom. The predicted molar refractivity (Wildman–Crippen MR) is 132 cm³/mol. The van der Waals surface area contributed by atoms with Crippen molar-refractivity contribution in [2.75, 3.05) is 17.3 Å². The molecular formula is C25H25N5O2S. The minimum absolute atomic E-state index is 0.0531. The van der Waals surface area contributed by atoms with E-state index in [0.29, 0.717) is 12.2 Å². The van der Waals surface area contributed by atoms with Crippen molar-refractivity contribution in [2.24, 2.45) is 0 Å². The number of phenols is 1. The van der Waals surface area contributed by atoms with E-state index < -0.39 is 0 Å². The van der Waals surface area contributed by atoms with Gasteiger partial charge in [-0.3, -0.25) is 4.79 Å². The van der Waals surface area contributed by atoms with Gasteiger partial charge in [0.25, 0.3) is 0 Å². The van der Waals surface area contributed by atoms with E-state index in [1.54, 1.807) is 31.5 Å². The molecule has 0 bridgehead atoms. The lowest BCUT2D eigenvalue weighted by Crippen LogP contribution is -2.39. The highest BCUT2D eigenvalue weighted by atomic mass is 32.1. The van der Waals surface area contributed by atoms with Gasteiger partial charge in [0.1, 0.15) is 17.4 Å². The number of pyridine rings is 2. The van der Waals surface area contributed by atoms with E-state index in [1.165, 1.54) is 11.3 Å². The minimum atomic E-state index is -0.359. The quantitative estimate of drug-likeness (QED) is 0.383. The number of anilines is 3. The highest BCUT2D eigenvalue weighted by Crippen LogP contribution is 2.32. The van der Waals surface area contributed by atoms with Gasteiger partial charge < -0.3 is 15.3 Å². The van der Waals surface area contributed by atoms with Crippen molar-refractivity contribution in [3.8, 4) is 16.3 Å². The van der Waals surface area contributed by atoms with E-state index in [0.717, 1.165) is 32.6 Å². The van der Waals surface area contributed by atoms with Crippen molar-refractivity contribution in [2.45, 2.75) is 26.3 Å². The van der Waals surface area contributed by atoms with Crippen molar-refractivity contribution in [3.05, 3.63) is 78.1 Å². The molecule has 0 aliphatic heterocycles. The zero-order chi connectivity index (χ0) is 23.4. The van der Waals surface area contributed by atoms with Gasteiger partial charge in [0.15, 0.2) is 10.9 Å². The molecule has 3 heterocycles. The molecule has 3 aromatic heterocycles. The molecule has 4 rings (SSSR count). The summed E-state index contributed by atoms with van der Waals surface area (Å²) in [6.07, 6.45) is 4.07. The molecule has 0 saturated heterocycles. The standard InChI is InChI=1S/C25H25N5O2S/c1-16-11-12-26-24(13-16)29-23-6-4-5-20(28-23)22-15-27-25(33-22)30(3)21(17(2)31)14-18-7-9-19(32)10-8-18/h4-13,15,21,32H,14H2,1-3H3,(H,26,28,29). The Morgan fingerprint density at radius 2 is 1.91 bits per heavy atom. The smallest absolute Gasteiger partial charge is 0.186 e. The molecular weight excluding hydrogens is 434 g/mol. The lowest BCUT2D eigenvalue weighted by Gasteiger charge is -2.25. The summed E-state index contributed by atoms with van der Waals surface area (Å²) in [6.45, 7) is 3.61. The van der Waals surface area contributed by atoms with Crippen LogP contribution < -0.4 is 10.2 Å².